The number of rotatable bonds is 0. The molecule has 0 radical (unpaired) electrons. The van der Waals surface area contributed by atoms with Crippen LogP contribution in [-0.2, 0) is 11.2 Å². The molecule has 0 spiro atoms. The molecule has 4 nitrogen and oxygen atoms in total. The largest absolute Gasteiger partial charge is 0.375 e. The van der Waals surface area contributed by atoms with Crippen LogP contribution in [0.25, 0.3) is 5.70 Å². The van der Waals surface area contributed by atoms with Crippen molar-refractivity contribution in [2.24, 2.45) is 0 Å². The number of aliphatic hydroxyl groups excluding tert-OH is 1. The summed E-state index contributed by atoms with van der Waals surface area (Å²) in [7, 11) is 0. The maximum Gasteiger partial charge on any atom is 0.241 e. The molecule has 1 unspecified atom stereocenters. The molecule has 1 amide bonds. The van der Waals surface area contributed by atoms with Crippen LogP contribution < -0.4 is 5.32 Å². The molecule has 1 aromatic rings. The predicted molar refractivity (Wildman–Crippen MR) is 76.6 cm³/mol. The first-order chi connectivity index (χ1) is 8.66. The molecule has 0 aliphatic carbocycles. The van der Waals surface area contributed by atoms with E-state index < -0.39 is 6.23 Å². The molecule has 2 heterocycles. The molecule has 0 fully saturated rings. The Morgan fingerprint density at radius 2 is 2.28 bits per heavy atom. The molecular weight excluding hydrogens is 343 g/mol. The topological polar surface area (TPSA) is 52.6 Å². The highest BCUT2D eigenvalue weighted by Crippen LogP contribution is 2.32. The van der Waals surface area contributed by atoms with Gasteiger partial charge in [0.1, 0.15) is 6.23 Å². The molecule has 0 aromatic heterocycles. The van der Waals surface area contributed by atoms with Gasteiger partial charge in [-0.3, -0.25) is 10.1 Å². The molecule has 94 valence electrons. The fraction of sp³-hybridized carbons (Fsp3) is 0.308. The summed E-state index contributed by atoms with van der Waals surface area (Å²) in [5.74, 6) is 0.0160. The van der Waals surface area contributed by atoms with Crippen LogP contribution in [0.15, 0.2) is 24.3 Å². The molecule has 18 heavy (non-hydrogen) atoms. The second-order valence-corrected chi connectivity index (χ2v) is 5.60. The highest BCUT2D eigenvalue weighted by atomic mass is 127. The van der Waals surface area contributed by atoms with Crippen molar-refractivity contribution in [2.75, 3.05) is 13.1 Å². The van der Waals surface area contributed by atoms with Crippen molar-refractivity contribution in [3.8, 4) is 0 Å². The summed E-state index contributed by atoms with van der Waals surface area (Å²) in [6, 6.07) is 6.07. The third kappa shape index (κ3) is 1.96. The zero-order chi connectivity index (χ0) is 12.7. The van der Waals surface area contributed by atoms with Gasteiger partial charge < -0.3 is 10.0 Å². The fourth-order valence-electron chi connectivity index (χ4n) is 2.48. The average molecular weight is 356 g/mol. The molecule has 3 rings (SSSR count). The average Bonchev–Trinajstić information content (AvgIpc) is 2.50. The van der Waals surface area contributed by atoms with E-state index >= 15 is 0 Å². The molecule has 0 saturated heterocycles. The van der Waals surface area contributed by atoms with E-state index in [9.17, 15) is 9.90 Å². The quantitative estimate of drug-likeness (QED) is 0.681. The lowest BCUT2D eigenvalue weighted by molar-refractivity contribution is -0.127. The van der Waals surface area contributed by atoms with Crippen LogP contribution in [0.5, 0.6) is 0 Å². The normalized spacial score (nSPS) is 23.0. The zero-order valence-electron chi connectivity index (χ0n) is 9.69. The van der Waals surface area contributed by atoms with Gasteiger partial charge in [-0.15, -0.1) is 0 Å². The summed E-state index contributed by atoms with van der Waals surface area (Å²) in [6.07, 6.45) is 1.82. The predicted octanol–water partition coefficient (Wildman–Crippen LogP) is 0.938. The lowest BCUT2D eigenvalue weighted by Gasteiger charge is -2.31. The van der Waals surface area contributed by atoms with E-state index in [1.54, 1.807) is 11.0 Å². The Morgan fingerprint density at radius 3 is 3.11 bits per heavy atom. The smallest absolute Gasteiger partial charge is 0.241 e. The number of hydrogen-bond donors (Lipinski definition) is 2. The summed E-state index contributed by atoms with van der Waals surface area (Å²) >= 11 is 2.32. The third-order valence-electron chi connectivity index (χ3n) is 3.35. The monoisotopic (exact) mass is 356 g/mol. The highest BCUT2D eigenvalue weighted by molar-refractivity contribution is 14.1. The minimum Gasteiger partial charge on any atom is -0.375 e. The van der Waals surface area contributed by atoms with E-state index in [4.69, 9.17) is 0 Å². The Balaban J connectivity index is 2.15. The van der Waals surface area contributed by atoms with Gasteiger partial charge in [-0.25, -0.2) is 0 Å². The Labute approximate surface area is 119 Å². The molecule has 0 bridgehead atoms. The lowest BCUT2D eigenvalue weighted by Crippen LogP contribution is -2.39. The van der Waals surface area contributed by atoms with Crippen molar-refractivity contribution in [3.63, 3.8) is 0 Å². The van der Waals surface area contributed by atoms with E-state index in [-0.39, 0.29) is 12.5 Å². The van der Waals surface area contributed by atoms with Crippen LogP contribution in [-0.4, -0.2) is 35.2 Å². The fourth-order valence-corrected chi connectivity index (χ4v) is 3.24. The Morgan fingerprint density at radius 1 is 1.44 bits per heavy atom. The minimum atomic E-state index is -0.766. The van der Waals surface area contributed by atoms with Crippen LogP contribution in [0.1, 0.15) is 11.1 Å². The van der Waals surface area contributed by atoms with Gasteiger partial charge in [0.2, 0.25) is 5.91 Å². The van der Waals surface area contributed by atoms with Crippen LogP contribution in [0, 0.1) is 3.57 Å². The van der Waals surface area contributed by atoms with Crippen molar-refractivity contribution >= 4 is 34.2 Å². The van der Waals surface area contributed by atoms with Crippen molar-refractivity contribution < 1.29 is 9.90 Å². The highest BCUT2D eigenvalue weighted by Gasteiger charge is 2.29. The van der Waals surface area contributed by atoms with Crippen molar-refractivity contribution in [3.05, 3.63) is 39.0 Å². The van der Waals surface area contributed by atoms with Crippen LogP contribution in [0.4, 0.5) is 0 Å². The molecule has 1 atom stereocenters. The summed E-state index contributed by atoms with van der Waals surface area (Å²) in [5.41, 5.74) is 3.16. The summed E-state index contributed by atoms with van der Waals surface area (Å²) in [4.78, 5) is 13.8. The van der Waals surface area contributed by atoms with E-state index in [1.807, 2.05) is 12.1 Å². The first kappa shape index (κ1) is 12.1. The number of amides is 1. The molecule has 2 aliphatic rings. The molecule has 2 N–H and O–H groups in total. The maximum absolute atomic E-state index is 12.0. The number of carbonyl (C=O) groups is 1. The van der Waals surface area contributed by atoms with Gasteiger partial charge in [0.15, 0.2) is 0 Å². The van der Waals surface area contributed by atoms with Crippen molar-refractivity contribution in [2.45, 2.75) is 12.6 Å². The van der Waals surface area contributed by atoms with Gasteiger partial charge in [0.05, 0.1) is 12.2 Å². The molecule has 0 saturated carbocycles. The van der Waals surface area contributed by atoms with Gasteiger partial charge in [-0.2, -0.15) is 0 Å². The van der Waals surface area contributed by atoms with Gasteiger partial charge in [0.25, 0.3) is 0 Å². The number of fused-ring (bicyclic) bond motifs is 3. The molecule has 2 aliphatic heterocycles. The first-order valence-electron chi connectivity index (χ1n) is 5.88. The van der Waals surface area contributed by atoms with Gasteiger partial charge in [-0.05, 0) is 46.7 Å². The van der Waals surface area contributed by atoms with E-state index in [0.29, 0.717) is 6.54 Å². The molecule has 1 aromatic carbocycles. The Kier molecular flexibility index (Phi) is 3.13. The minimum absolute atomic E-state index is 0.0160. The first-order valence-corrected chi connectivity index (χ1v) is 6.96. The number of nitrogens with one attached hydrogen (secondary N) is 1. The number of benzene rings is 1. The van der Waals surface area contributed by atoms with Crippen molar-refractivity contribution in [1.29, 1.82) is 0 Å². The van der Waals surface area contributed by atoms with Crippen LogP contribution in [0.3, 0.4) is 0 Å². The van der Waals surface area contributed by atoms with Crippen LogP contribution >= 0.6 is 22.6 Å². The number of hydrogen-bond acceptors (Lipinski definition) is 3. The van der Waals surface area contributed by atoms with Crippen LogP contribution in [0.2, 0.25) is 0 Å². The summed E-state index contributed by atoms with van der Waals surface area (Å²) in [5, 5.41) is 12.6. The number of aliphatic hydroxyl groups is 1. The molecular formula is C13H13IN2O2. The molecule has 5 heteroatoms. The maximum atomic E-state index is 12.0. The second kappa shape index (κ2) is 4.64. The third-order valence-corrected chi connectivity index (χ3v) is 4.36. The Hall–Kier alpha value is -0.920. The number of nitrogens with zero attached hydrogens (tertiary/aromatic N) is 1. The summed E-state index contributed by atoms with van der Waals surface area (Å²) < 4.78 is 1.21. The number of halogens is 1. The summed E-state index contributed by atoms with van der Waals surface area (Å²) in [6.45, 7) is 0.868. The van der Waals surface area contributed by atoms with E-state index in [2.05, 4.69) is 34.0 Å². The van der Waals surface area contributed by atoms with E-state index in [1.165, 1.54) is 9.13 Å². The van der Waals surface area contributed by atoms with Gasteiger partial charge >= 0.3 is 0 Å². The number of carbonyl (C=O) groups excluding carboxylic acids is 1. The Bertz CT molecular complexity index is 542. The van der Waals surface area contributed by atoms with Crippen molar-refractivity contribution in [1.82, 2.24) is 10.2 Å². The van der Waals surface area contributed by atoms with E-state index in [0.717, 1.165) is 17.7 Å². The zero-order valence-corrected chi connectivity index (χ0v) is 11.8. The van der Waals surface area contributed by atoms with Gasteiger partial charge in [-0.1, -0.05) is 12.1 Å². The standard InChI is InChI=1S/C13H13IN2O2/c14-10-3-1-2-9-8(10)4-5-16-11(9)6-12(17)15-7-13(16)18/h1-3,6,12,15,17H,4-5,7H2. The SMILES string of the molecule is O=C1CNC(O)C=C2c3cccc(I)c3CCN12. The lowest BCUT2D eigenvalue weighted by atomic mass is 9.96. The second-order valence-electron chi connectivity index (χ2n) is 4.44. The van der Waals surface area contributed by atoms with Gasteiger partial charge in [0, 0.05) is 15.7 Å².